The second-order valence-corrected chi connectivity index (χ2v) is 7.54. The second kappa shape index (κ2) is 6.87. The molecule has 0 atom stereocenters. The van der Waals surface area contributed by atoms with Gasteiger partial charge in [0.1, 0.15) is 5.60 Å². The van der Waals surface area contributed by atoms with Gasteiger partial charge in [-0.1, -0.05) is 43.0 Å². The first-order valence-corrected chi connectivity index (χ1v) is 8.88. The van der Waals surface area contributed by atoms with Crippen LogP contribution in [-0.2, 0) is 11.2 Å². The number of carbonyl (C=O) groups is 1. The van der Waals surface area contributed by atoms with Crippen LogP contribution < -0.4 is 4.90 Å². The van der Waals surface area contributed by atoms with Crippen LogP contribution in [0.25, 0.3) is 0 Å². The number of likely N-dealkylation sites (N-methyl/N-ethyl adjacent to an activating group) is 1. The number of anilines is 1. The summed E-state index contributed by atoms with van der Waals surface area (Å²) in [6.45, 7) is 10.4. The number of fused-ring (bicyclic) bond motifs is 1. The Morgan fingerprint density at radius 3 is 2.69 bits per heavy atom. The fourth-order valence-electron chi connectivity index (χ4n) is 3.25. The average Bonchev–Trinajstić information content (AvgIpc) is 3.17. The SMILES string of the molecule is C=CC1=C(N(C)C(=O)OC(C)(C)C)/C(=C/N2CCc3ccccc32)C=C1. The summed E-state index contributed by atoms with van der Waals surface area (Å²) in [6, 6.07) is 8.42. The average molecular weight is 350 g/mol. The molecule has 4 nitrogen and oxygen atoms in total. The molecule has 1 aliphatic carbocycles. The molecule has 1 heterocycles. The number of carbonyl (C=O) groups excluding carboxylic acids is 1. The van der Waals surface area contributed by atoms with E-state index in [0.717, 1.165) is 29.8 Å². The first-order valence-electron chi connectivity index (χ1n) is 8.88. The van der Waals surface area contributed by atoms with E-state index in [1.165, 1.54) is 11.3 Å². The lowest BCUT2D eigenvalue weighted by atomic mass is 10.1. The molecule has 0 saturated heterocycles. The predicted molar refractivity (Wildman–Crippen MR) is 106 cm³/mol. The van der Waals surface area contributed by atoms with Crippen molar-refractivity contribution in [1.82, 2.24) is 4.90 Å². The Balaban J connectivity index is 1.91. The number of amides is 1. The van der Waals surface area contributed by atoms with E-state index >= 15 is 0 Å². The van der Waals surface area contributed by atoms with E-state index in [9.17, 15) is 4.79 Å². The normalized spacial score (nSPS) is 17.7. The minimum atomic E-state index is -0.538. The third-order valence-electron chi connectivity index (χ3n) is 4.43. The molecule has 0 fully saturated rings. The van der Waals surface area contributed by atoms with Crippen LogP contribution in [0.1, 0.15) is 26.3 Å². The Bertz CT molecular complexity index is 825. The maximum atomic E-state index is 12.6. The molecule has 0 unspecified atom stereocenters. The van der Waals surface area contributed by atoms with Gasteiger partial charge in [0.25, 0.3) is 0 Å². The summed E-state index contributed by atoms with van der Waals surface area (Å²) in [7, 11) is 1.74. The summed E-state index contributed by atoms with van der Waals surface area (Å²) in [4.78, 5) is 16.4. The largest absolute Gasteiger partial charge is 0.443 e. The molecule has 0 saturated carbocycles. The van der Waals surface area contributed by atoms with Crippen molar-refractivity contribution in [2.45, 2.75) is 32.8 Å². The van der Waals surface area contributed by atoms with Crippen molar-refractivity contribution in [2.24, 2.45) is 0 Å². The van der Waals surface area contributed by atoms with Gasteiger partial charge in [-0.05, 0) is 44.4 Å². The molecular weight excluding hydrogens is 324 g/mol. The van der Waals surface area contributed by atoms with Crippen molar-refractivity contribution >= 4 is 11.8 Å². The van der Waals surface area contributed by atoms with Gasteiger partial charge in [0.05, 0.1) is 5.70 Å². The van der Waals surface area contributed by atoms with Crippen LogP contribution in [-0.4, -0.2) is 30.2 Å². The number of allylic oxidation sites excluding steroid dienone is 4. The Hall–Kier alpha value is -2.75. The van der Waals surface area contributed by atoms with Crippen LogP contribution >= 0.6 is 0 Å². The molecular formula is C22H26N2O2. The molecule has 1 amide bonds. The zero-order chi connectivity index (χ0) is 18.9. The molecule has 2 aliphatic rings. The standard InChI is InChI=1S/C22H26N2O2/c1-6-16-11-12-18(20(16)23(5)21(25)26-22(2,3)4)15-24-14-13-17-9-7-8-10-19(17)24/h6-12,15H,1,13-14H2,2-5H3/b18-15+. The Kier molecular flexibility index (Phi) is 4.77. The molecule has 0 aromatic heterocycles. The van der Waals surface area contributed by atoms with Crippen molar-refractivity contribution in [3.63, 3.8) is 0 Å². The first kappa shape index (κ1) is 18.1. The topological polar surface area (TPSA) is 32.8 Å². The van der Waals surface area contributed by atoms with Crippen LogP contribution in [0.3, 0.4) is 0 Å². The molecule has 0 radical (unpaired) electrons. The number of benzene rings is 1. The van der Waals surface area contributed by atoms with Crippen molar-refractivity contribution in [3.05, 3.63) is 77.7 Å². The molecule has 1 aromatic rings. The van der Waals surface area contributed by atoms with Crippen molar-refractivity contribution in [3.8, 4) is 0 Å². The lowest BCUT2D eigenvalue weighted by Crippen LogP contribution is -2.34. The van der Waals surface area contributed by atoms with Crippen molar-refractivity contribution < 1.29 is 9.53 Å². The molecule has 0 bridgehead atoms. The van der Waals surface area contributed by atoms with Gasteiger partial charge in [0.2, 0.25) is 0 Å². The molecule has 1 aliphatic heterocycles. The van der Waals surface area contributed by atoms with Crippen LogP contribution in [0.2, 0.25) is 0 Å². The Labute approximate surface area is 155 Å². The number of nitrogens with zero attached hydrogens (tertiary/aromatic N) is 2. The number of hydrogen-bond donors (Lipinski definition) is 0. The summed E-state index contributed by atoms with van der Waals surface area (Å²) in [5.74, 6) is 0. The van der Waals surface area contributed by atoms with E-state index in [1.54, 1.807) is 18.0 Å². The molecule has 0 spiro atoms. The highest BCUT2D eigenvalue weighted by atomic mass is 16.6. The zero-order valence-corrected chi connectivity index (χ0v) is 16.0. The van der Waals surface area contributed by atoms with Gasteiger partial charge in [-0.15, -0.1) is 0 Å². The number of para-hydroxylation sites is 1. The number of hydrogen-bond acceptors (Lipinski definition) is 3. The summed E-state index contributed by atoms with van der Waals surface area (Å²) in [5.41, 5.74) is 4.74. The van der Waals surface area contributed by atoms with Crippen molar-refractivity contribution in [1.29, 1.82) is 0 Å². The zero-order valence-electron chi connectivity index (χ0n) is 16.0. The highest BCUT2D eigenvalue weighted by molar-refractivity contribution is 5.75. The summed E-state index contributed by atoms with van der Waals surface area (Å²) in [5, 5.41) is 0. The van der Waals surface area contributed by atoms with Gasteiger partial charge in [0.15, 0.2) is 0 Å². The molecule has 136 valence electrons. The van der Waals surface area contributed by atoms with Crippen LogP contribution in [0.4, 0.5) is 10.5 Å². The number of ether oxygens (including phenoxy) is 1. The molecule has 3 rings (SSSR count). The summed E-state index contributed by atoms with van der Waals surface area (Å²) in [6.07, 6.45) is 8.54. The fraction of sp³-hybridized carbons (Fsp3) is 0.318. The molecule has 0 N–H and O–H groups in total. The Morgan fingerprint density at radius 2 is 2.00 bits per heavy atom. The summed E-state index contributed by atoms with van der Waals surface area (Å²) < 4.78 is 5.53. The predicted octanol–water partition coefficient (Wildman–Crippen LogP) is 4.81. The van der Waals surface area contributed by atoms with E-state index in [0.29, 0.717) is 0 Å². The quantitative estimate of drug-likeness (QED) is 0.784. The lowest BCUT2D eigenvalue weighted by molar-refractivity contribution is 0.0357. The fourth-order valence-corrected chi connectivity index (χ4v) is 3.25. The summed E-state index contributed by atoms with van der Waals surface area (Å²) >= 11 is 0. The van der Waals surface area contributed by atoms with Gasteiger partial charge >= 0.3 is 6.09 Å². The van der Waals surface area contributed by atoms with Crippen LogP contribution in [0, 0.1) is 0 Å². The van der Waals surface area contributed by atoms with Gasteiger partial charge < -0.3 is 9.64 Å². The third-order valence-corrected chi connectivity index (χ3v) is 4.43. The molecule has 1 aromatic carbocycles. The first-order chi connectivity index (χ1) is 12.3. The van der Waals surface area contributed by atoms with Gasteiger partial charge in [-0.2, -0.15) is 0 Å². The maximum Gasteiger partial charge on any atom is 0.414 e. The monoisotopic (exact) mass is 350 g/mol. The smallest absolute Gasteiger partial charge is 0.414 e. The van der Waals surface area contributed by atoms with Gasteiger partial charge in [-0.3, -0.25) is 4.90 Å². The minimum absolute atomic E-state index is 0.372. The number of rotatable bonds is 3. The van der Waals surface area contributed by atoms with Crippen LogP contribution in [0.15, 0.2) is 72.1 Å². The lowest BCUT2D eigenvalue weighted by Gasteiger charge is -2.27. The van der Waals surface area contributed by atoms with E-state index in [1.807, 2.05) is 32.9 Å². The maximum absolute atomic E-state index is 12.6. The van der Waals surface area contributed by atoms with E-state index < -0.39 is 5.60 Å². The van der Waals surface area contributed by atoms with Crippen molar-refractivity contribution in [2.75, 3.05) is 18.5 Å². The molecule has 4 heteroatoms. The highest BCUT2D eigenvalue weighted by Crippen LogP contribution is 2.33. The van der Waals surface area contributed by atoms with E-state index in [-0.39, 0.29) is 6.09 Å². The van der Waals surface area contributed by atoms with Crippen LogP contribution in [0.5, 0.6) is 0 Å². The minimum Gasteiger partial charge on any atom is -0.443 e. The van der Waals surface area contributed by atoms with E-state index in [2.05, 4.69) is 41.9 Å². The third kappa shape index (κ3) is 3.59. The van der Waals surface area contributed by atoms with Gasteiger partial charge in [0, 0.05) is 31.1 Å². The highest BCUT2D eigenvalue weighted by Gasteiger charge is 2.27. The van der Waals surface area contributed by atoms with E-state index in [4.69, 9.17) is 4.74 Å². The Morgan fingerprint density at radius 1 is 1.27 bits per heavy atom. The molecule has 26 heavy (non-hydrogen) atoms. The second-order valence-electron chi connectivity index (χ2n) is 7.54. The van der Waals surface area contributed by atoms with Gasteiger partial charge in [-0.25, -0.2) is 4.79 Å².